The van der Waals surface area contributed by atoms with Crippen molar-refractivity contribution in [2.75, 3.05) is 43.0 Å². The van der Waals surface area contributed by atoms with Crippen LogP contribution in [0.3, 0.4) is 0 Å². The van der Waals surface area contributed by atoms with Crippen LogP contribution in [0.4, 0.5) is 11.8 Å². The van der Waals surface area contributed by atoms with Crippen LogP contribution in [0.15, 0.2) is 24.4 Å². The van der Waals surface area contributed by atoms with E-state index in [9.17, 15) is 9.90 Å². The molecule has 2 N–H and O–H groups in total. The molecule has 0 radical (unpaired) electrons. The van der Waals surface area contributed by atoms with Gasteiger partial charge in [0.1, 0.15) is 17.1 Å². The lowest BCUT2D eigenvalue weighted by Crippen LogP contribution is -2.48. The zero-order chi connectivity index (χ0) is 25.3. The molecule has 1 atom stereocenters. The highest BCUT2D eigenvalue weighted by molar-refractivity contribution is 5.94. The van der Waals surface area contributed by atoms with Crippen LogP contribution in [0.2, 0.25) is 0 Å². The van der Waals surface area contributed by atoms with Crippen molar-refractivity contribution in [3.8, 4) is 11.6 Å². The van der Waals surface area contributed by atoms with E-state index in [1.54, 1.807) is 6.92 Å². The van der Waals surface area contributed by atoms with Crippen LogP contribution in [0.5, 0.6) is 11.6 Å². The second-order valence-electron chi connectivity index (χ2n) is 9.40. The Morgan fingerprint density at radius 1 is 1.17 bits per heavy atom. The molecule has 35 heavy (non-hydrogen) atoms. The summed E-state index contributed by atoms with van der Waals surface area (Å²) in [7, 11) is 0. The highest BCUT2D eigenvalue weighted by atomic mass is 16.5. The summed E-state index contributed by atoms with van der Waals surface area (Å²) in [6.07, 6.45) is 1.91. The topological polar surface area (TPSA) is 95.8 Å². The van der Waals surface area contributed by atoms with Crippen LogP contribution in [0, 0.1) is 6.92 Å². The maximum Gasteiger partial charge on any atom is 0.228 e. The molecule has 0 spiro atoms. The van der Waals surface area contributed by atoms with Crippen molar-refractivity contribution in [2.24, 2.45) is 0 Å². The van der Waals surface area contributed by atoms with Gasteiger partial charge in [0.05, 0.1) is 18.0 Å². The SMILES string of the molecule is CCOc1ccc([C@@H](C)Nc2nc(N3CCN(C(C)=O)CC3)nc3c(O)n(C(C)C)cc23)c(C)c1. The molecule has 3 heterocycles. The first kappa shape index (κ1) is 24.6. The van der Waals surface area contributed by atoms with Crippen molar-refractivity contribution < 1.29 is 14.6 Å². The normalized spacial score (nSPS) is 15.1. The Kier molecular flexibility index (Phi) is 7.05. The molecule has 1 fully saturated rings. The van der Waals surface area contributed by atoms with Gasteiger partial charge in [0.25, 0.3) is 0 Å². The van der Waals surface area contributed by atoms with Crippen LogP contribution in [-0.4, -0.2) is 63.2 Å². The number of anilines is 2. The fourth-order valence-electron chi connectivity index (χ4n) is 4.61. The summed E-state index contributed by atoms with van der Waals surface area (Å²) in [4.78, 5) is 25.3. The van der Waals surface area contributed by atoms with Crippen molar-refractivity contribution in [2.45, 2.75) is 53.6 Å². The van der Waals surface area contributed by atoms with Gasteiger partial charge >= 0.3 is 0 Å². The molecule has 0 unspecified atom stereocenters. The average molecular weight is 481 g/mol. The van der Waals surface area contributed by atoms with Crippen LogP contribution < -0.4 is 15.0 Å². The van der Waals surface area contributed by atoms with E-state index in [1.807, 2.05) is 48.6 Å². The molecular weight excluding hydrogens is 444 g/mol. The molecule has 1 saturated heterocycles. The monoisotopic (exact) mass is 480 g/mol. The second-order valence-corrected chi connectivity index (χ2v) is 9.40. The van der Waals surface area contributed by atoms with E-state index in [0.29, 0.717) is 50.1 Å². The first-order chi connectivity index (χ1) is 16.7. The van der Waals surface area contributed by atoms with Gasteiger partial charge in [-0.25, -0.2) is 4.98 Å². The van der Waals surface area contributed by atoms with Crippen LogP contribution in [0.1, 0.15) is 57.8 Å². The summed E-state index contributed by atoms with van der Waals surface area (Å²) < 4.78 is 7.45. The van der Waals surface area contributed by atoms with E-state index >= 15 is 0 Å². The first-order valence-electron chi connectivity index (χ1n) is 12.3. The quantitative estimate of drug-likeness (QED) is 0.521. The van der Waals surface area contributed by atoms with Crippen LogP contribution >= 0.6 is 0 Å². The molecule has 0 aliphatic carbocycles. The first-order valence-corrected chi connectivity index (χ1v) is 12.3. The van der Waals surface area contributed by atoms with Crippen molar-refractivity contribution >= 4 is 28.6 Å². The molecule has 9 nitrogen and oxygen atoms in total. The third kappa shape index (κ3) is 4.99. The number of hydrogen-bond acceptors (Lipinski definition) is 7. The minimum absolute atomic E-state index is 0.0317. The summed E-state index contributed by atoms with van der Waals surface area (Å²) in [5.41, 5.74) is 2.80. The van der Waals surface area contributed by atoms with Gasteiger partial charge in [-0.3, -0.25) is 4.79 Å². The Bertz CT molecular complexity index is 1210. The molecule has 2 aromatic heterocycles. The maximum absolute atomic E-state index is 11.7. The van der Waals surface area contributed by atoms with Crippen molar-refractivity contribution in [1.82, 2.24) is 19.4 Å². The Hall–Kier alpha value is -3.49. The Morgan fingerprint density at radius 2 is 1.89 bits per heavy atom. The lowest BCUT2D eigenvalue weighted by molar-refractivity contribution is -0.129. The minimum atomic E-state index is -0.0317. The zero-order valence-electron chi connectivity index (χ0n) is 21.5. The van der Waals surface area contributed by atoms with Gasteiger partial charge < -0.3 is 29.5 Å². The fourth-order valence-corrected chi connectivity index (χ4v) is 4.61. The molecular formula is C26H36N6O3. The average Bonchev–Trinajstić information content (AvgIpc) is 3.16. The number of fused-ring (bicyclic) bond motifs is 1. The standard InChI is InChI=1S/C26H36N6O3/c1-7-35-20-8-9-21(17(4)14-20)18(5)27-24-22-15-32(16(2)3)25(34)23(22)28-26(29-24)31-12-10-30(11-13-31)19(6)33/h8-9,14-16,18,34H,7,10-13H2,1-6H3,(H,27,28,29)/t18-/m1/s1. The molecule has 1 amide bonds. The van der Waals surface area contributed by atoms with Gasteiger partial charge in [-0.05, 0) is 57.9 Å². The summed E-state index contributed by atoms with van der Waals surface area (Å²) in [6.45, 7) is 15.0. The van der Waals surface area contributed by atoms with Crippen molar-refractivity contribution in [3.05, 3.63) is 35.5 Å². The second kappa shape index (κ2) is 10.0. The summed E-state index contributed by atoms with van der Waals surface area (Å²) >= 11 is 0. The van der Waals surface area contributed by atoms with E-state index in [1.165, 1.54) is 0 Å². The van der Waals surface area contributed by atoms with E-state index in [4.69, 9.17) is 14.7 Å². The number of piperazine rings is 1. The molecule has 1 aliphatic rings. The van der Waals surface area contributed by atoms with Crippen molar-refractivity contribution in [3.63, 3.8) is 0 Å². The number of rotatable bonds is 7. The number of hydrogen-bond donors (Lipinski definition) is 2. The van der Waals surface area contributed by atoms with Gasteiger partial charge in [0.2, 0.25) is 17.7 Å². The third-order valence-electron chi connectivity index (χ3n) is 6.59. The van der Waals surface area contributed by atoms with Crippen molar-refractivity contribution in [1.29, 1.82) is 0 Å². The molecule has 0 saturated carbocycles. The molecule has 188 valence electrons. The Labute approximate surface area is 206 Å². The summed E-state index contributed by atoms with van der Waals surface area (Å²) in [5, 5.41) is 15.3. The molecule has 0 bridgehead atoms. The van der Waals surface area contributed by atoms with Crippen LogP contribution in [-0.2, 0) is 4.79 Å². The third-order valence-corrected chi connectivity index (χ3v) is 6.59. The lowest BCUT2D eigenvalue weighted by Gasteiger charge is -2.34. The smallest absolute Gasteiger partial charge is 0.228 e. The zero-order valence-corrected chi connectivity index (χ0v) is 21.5. The van der Waals surface area contributed by atoms with Gasteiger partial charge in [0.15, 0.2) is 0 Å². The van der Waals surface area contributed by atoms with Gasteiger partial charge in [0, 0.05) is 45.3 Å². The number of benzene rings is 1. The highest BCUT2D eigenvalue weighted by Crippen LogP contribution is 2.36. The fraction of sp³-hybridized carbons (Fsp3) is 0.500. The molecule has 1 aromatic carbocycles. The number of ether oxygens (including phenoxy) is 1. The predicted molar refractivity (Wildman–Crippen MR) is 138 cm³/mol. The Balaban J connectivity index is 1.70. The van der Waals surface area contributed by atoms with E-state index in [0.717, 1.165) is 22.3 Å². The molecule has 3 aromatic rings. The Morgan fingerprint density at radius 3 is 2.49 bits per heavy atom. The number of carbonyl (C=O) groups excluding carboxylic acids is 1. The summed E-state index contributed by atoms with van der Waals surface area (Å²) in [6, 6.07) is 6.16. The molecule has 9 heteroatoms. The minimum Gasteiger partial charge on any atom is -0.494 e. The van der Waals surface area contributed by atoms with Gasteiger partial charge in [-0.2, -0.15) is 4.98 Å². The van der Waals surface area contributed by atoms with Crippen LogP contribution in [0.25, 0.3) is 10.9 Å². The summed E-state index contributed by atoms with van der Waals surface area (Å²) in [5.74, 6) is 2.30. The largest absolute Gasteiger partial charge is 0.494 e. The highest BCUT2D eigenvalue weighted by Gasteiger charge is 2.25. The van der Waals surface area contributed by atoms with Gasteiger partial charge in [-0.15, -0.1) is 0 Å². The van der Waals surface area contributed by atoms with E-state index in [2.05, 4.69) is 30.1 Å². The van der Waals surface area contributed by atoms with Gasteiger partial charge in [-0.1, -0.05) is 6.07 Å². The number of nitrogens with one attached hydrogen (secondary N) is 1. The number of aromatic nitrogens is 3. The number of carbonyl (C=O) groups is 1. The number of aromatic hydroxyl groups is 1. The molecule has 1 aliphatic heterocycles. The predicted octanol–water partition coefficient (Wildman–Crippen LogP) is 4.27. The lowest BCUT2D eigenvalue weighted by atomic mass is 10.0. The van der Waals surface area contributed by atoms with E-state index in [-0.39, 0.29) is 23.9 Å². The number of amides is 1. The number of nitrogens with zero attached hydrogens (tertiary/aromatic N) is 5. The maximum atomic E-state index is 11.7. The van der Waals surface area contributed by atoms with E-state index < -0.39 is 0 Å². The molecule has 4 rings (SSSR count). The number of aryl methyl sites for hydroxylation is 1.